The van der Waals surface area contributed by atoms with Gasteiger partial charge in [-0.3, -0.25) is 0 Å². The van der Waals surface area contributed by atoms with Crippen LogP contribution in [0.15, 0.2) is 22.8 Å². The molecule has 19 heavy (non-hydrogen) atoms. The number of nitrogens with zero attached hydrogens (tertiary/aromatic N) is 3. The molecule has 1 aromatic heterocycles. The van der Waals surface area contributed by atoms with Crippen molar-refractivity contribution in [1.29, 1.82) is 0 Å². The lowest BCUT2D eigenvalue weighted by Crippen LogP contribution is -2.09. The first-order chi connectivity index (χ1) is 9.10. The summed E-state index contributed by atoms with van der Waals surface area (Å²) >= 11 is 3.54. The second-order valence-corrected chi connectivity index (χ2v) is 5.19. The Morgan fingerprint density at radius 3 is 2.58 bits per heavy atom. The fourth-order valence-corrected chi connectivity index (χ4v) is 2.02. The average molecular weight is 325 g/mol. The molecule has 0 amide bonds. The predicted octanol–water partition coefficient (Wildman–Crippen LogP) is 2.20. The van der Waals surface area contributed by atoms with Gasteiger partial charge in [0, 0.05) is 17.2 Å². The van der Waals surface area contributed by atoms with E-state index in [0.717, 1.165) is 15.9 Å². The van der Waals surface area contributed by atoms with Gasteiger partial charge >= 0.3 is 0 Å². The summed E-state index contributed by atoms with van der Waals surface area (Å²) < 4.78 is 8.59. The summed E-state index contributed by atoms with van der Waals surface area (Å²) in [6.45, 7) is 5.71. The van der Waals surface area contributed by atoms with Crippen LogP contribution in [0.4, 0.5) is 0 Å². The van der Waals surface area contributed by atoms with E-state index in [2.05, 4.69) is 40.1 Å². The molecule has 0 aliphatic carbocycles. The van der Waals surface area contributed by atoms with Crippen molar-refractivity contribution < 1.29 is 4.74 Å². The maximum absolute atomic E-state index is 5.73. The molecule has 5 nitrogen and oxygen atoms in total. The maximum atomic E-state index is 5.73. The van der Waals surface area contributed by atoms with E-state index >= 15 is 0 Å². The number of hydrogen-bond acceptors (Lipinski definition) is 4. The van der Waals surface area contributed by atoms with Gasteiger partial charge in [0.05, 0.1) is 12.2 Å². The van der Waals surface area contributed by atoms with E-state index in [1.807, 2.05) is 18.3 Å². The normalized spacial score (nSPS) is 10.7. The first kappa shape index (κ1) is 14.0. The average Bonchev–Trinajstić information content (AvgIpc) is 2.84. The fraction of sp³-hybridized carbons (Fsp3) is 0.385. The molecule has 2 aromatic rings. The number of aromatic nitrogens is 3. The van der Waals surface area contributed by atoms with Gasteiger partial charge in [-0.25, -0.2) is 4.68 Å². The number of aryl methyl sites for hydroxylation is 2. The Hall–Kier alpha value is -1.40. The lowest BCUT2D eigenvalue weighted by molar-refractivity contribution is 0.289. The smallest absolute Gasteiger partial charge is 0.119 e. The largest absolute Gasteiger partial charge is 0.492 e. The topological polar surface area (TPSA) is 66.0 Å². The van der Waals surface area contributed by atoms with Crippen LogP contribution < -0.4 is 10.5 Å². The molecule has 0 fully saturated rings. The van der Waals surface area contributed by atoms with E-state index < -0.39 is 0 Å². The first-order valence-corrected chi connectivity index (χ1v) is 6.88. The van der Waals surface area contributed by atoms with E-state index in [9.17, 15) is 0 Å². The molecule has 102 valence electrons. The minimum Gasteiger partial charge on any atom is -0.492 e. The third-order valence-electron chi connectivity index (χ3n) is 2.79. The quantitative estimate of drug-likeness (QED) is 0.915. The van der Waals surface area contributed by atoms with Crippen LogP contribution in [-0.4, -0.2) is 21.6 Å². The molecule has 0 spiro atoms. The van der Waals surface area contributed by atoms with Gasteiger partial charge in [-0.15, -0.1) is 5.10 Å². The van der Waals surface area contributed by atoms with Crippen LogP contribution in [0.3, 0.4) is 0 Å². The standard InChI is InChI=1S/C13H17BrN4O/c1-9-5-12(6-10(2)13(9)14)19-4-3-18-8-11(7-15)16-17-18/h5-6,8H,3-4,7,15H2,1-2H3. The zero-order chi connectivity index (χ0) is 13.8. The van der Waals surface area contributed by atoms with E-state index in [1.165, 1.54) is 11.1 Å². The highest BCUT2D eigenvalue weighted by molar-refractivity contribution is 9.10. The van der Waals surface area contributed by atoms with Crippen LogP contribution in [0.5, 0.6) is 5.75 Å². The Labute approximate surface area is 120 Å². The van der Waals surface area contributed by atoms with Gasteiger partial charge < -0.3 is 10.5 Å². The van der Waals surface area contributed by atoms with Crippen LogP contribution in [0, 0.1) is 13.8 Å². The van der Waals surface area contributed by atoms with Gasteiger partial charge in [0.1, 0.15) is 12.4 Å². The Kier molecular flexibility index (Phi) is 4.55. The van der Waals surface area contributed by atoms with E-state index in [-0.39, 0.29) is 0 Å². The van der Waals surface area contributed by atoms with Crippen molar-refractivity contribution in [2.24, 2.45) is 5.73 Å². The Morgan fingerprint density at radius 2 is 2.00 bits per heavy atom. The molecule has 2 N–H and O–H groups in total. The van der Waals surface area contributed by atoms with Crippen molar-refractivity contribution in [3.8, 4) is 5.75 Å². The third-order valence-corrected chi connectivity index (χ3v) is 4.05. The molecule has 0 atom stereocenters. The second-order valence-electron chi connectivity index (χ2n) is 4.40. The Balaban J connectivity index is 1.92. The summed E-state index contributed by atoms with van der Waals surface area (Å²) in [7, 11) is 0. The van der Waals surface area contributed by atoms with Gasteiger partial charge in [0.2, 0.25) is 0 Å². The maximum Gasteiger partial charge on any atom is 0.119 e. The second kappa shape index (κ2) is 6.16. The summed E-state index contributed by atoms with van der Waals surface area (Å²) in [5.41, 5.74) is 8.60. The van der Waals surface area contributed by atoms with Crippen molar-refractivity contribution in [3.63, 3.8) is 0 Å². The van der Waals surface area contributed by atoms with Gasteiger partial charge in [-0.05, 0) is 37.1 Å². The van der Waals surface area contributed by atoms with Crippen molar-refractivity contribution >= 4 is 15.9 Å². The van der Waals surface area contributed by atoms with E-state index in [4.69, 9.17) is 10.5 Å². The third kappa shape index (κ3) is 3.54. The lowest BCUT2D eigenvalue weighted by Gasteiger charge is -2.10. The zero-order valence-electron chi connectivity index (χ0n) is 11.1. The van der Waals surface area contributed by atoms with Crippen molar-refractivity contribution in [2.75, 3.05) is 6.61 Å². The highest BCUT2D eigenvalue weighted by Crippen LogP contribution is 2.26. The number of rotatable bonds is 5. The fourth-order valence-electron chi connectivity index (χ4n) is 1.79. The van der Waals surface area contributed by atoms with Crippen molar-refractivity contribution in [1.82, 2.24) is 15.0 Å². The van der Waals surface area contributed by atoms with Crippen LogP contribution in [0.1, 0.15) is 16.8 Å². The molecule has 0 bridgehead atoms. The minimum atomic E-state index is 0.409. The Morgan fingerprint density at radius 1 is 1.32 bits per heavy atom. The molecule has 0 saturated heterocycles. The molecule has 2 rings (SSSR count). The molecule has 1 heterocycles. The summed E-state index contributed by atoms with van der Waals surface area (Å²) in [4.78, 5) is 0. The van der Waals surface area contributed by atoms with Crippen LogP contribution in [0.25, 0.3) is 0 Å². The molecule has 0 aliphatic rings. The van der Waals surface area contributed by atoms with Gasteiger partial charge in [-0.1, -0.05) is 21.1 Å². The first-order valence-electron chi connectivity index (χ1n) is 6.08. The number of halogens is 1. The molecule has 1 aromatic carbocycles. The number of hydrogen-bond donors (Lipinski definition) is 1. The van der Waals surface area contributed by atoms with Gasteiger partial charge in [0.15, 0.2) is 0 Å². The summed E-state index contributed by atoms with van der Waals surface area (Å²) in [5, 5.41) is 7.89. The monoisotopic (exact) mass is 324 g/mol. The van der Waals surface area contributed by atoms with Gasteiger partial charge in [-0.2, -0.15) is 0 Å². The summed E-state index contributed by atoms with van der Waals surface area (Å²) in [6.07, 6.45) is 1.83. The summed E-state index contributed by atoms with van der Waals surface area (Å²) in [6, 6.07) is 4.04. The molecule has 0 saturated carbocycles. The Bertz CT molecular complexity index is 545. The zero-order valence-corrected chi connectivity index (χ0v) is 12.6. The minimum absolute atomic E-state index is 0.409. The molecule has 0 unspecified atom stereocenters. The highest BCUT2D eigenvalue weighted by atomic mass is 79.9. The van der Waals surface area contributed by atoms with Crippen LogP contribution >= 0.6 is 15.9 Å². The van der Waals surface area contributed by atoms with Crippen LogP contribution in [-0.2, 0) is 13.1 Å². The van der Waals surface area contributed by atoms with Crippen LogP contribution in [0.2, 0.25) is 0 Å². The molecular formula is C13H17BrN4O. The number of nitrogens with two attached hydrogens (primary N) is 1. The molecule has 0 aliphatic heterocycles. The SMILES string of the molecule is Cc1cc(OCCn2cc(CN)nn2)cc(C)c1Br. The highest BCUT2D eigenvalue weighted by Gasteiger charge is 2.04. The molecular weight excluding hydrogens is 308 g/mol. The van der Waals surface area contributed by atoms with Gasteiger partial charge in [0.25, 0.3) is 0 Å². The molecule has 6 heteroatoms. The lowest BCUT2D eigenvalue weighted by atomic mass is 10.1. The van der Waals surface area contributed by atoms with Crippen molar-refractivity contribution in [3.05, 3.63) is 39.6 Å². The van der Waals surface area contributed by atoms with Crippen molar-refractivity contribution in [2.45, 2.75) is 26.9 Å². The predicted molar refractivity (Wildman–Crippen MR) is 77.0 cm³/mol. The number of benzene rings is 1. The number of ether oxygens (including phenoxy) is 1. The molecule has 0 radical (unpaired) electrons. The van der Waals surface area contributed by atoms with E-state index in [0.29, 0.717) is 19.7 Å². The van der Waals surface area contributed by atoms with E-state index in [1.54, 1.807) is 4.68 Å². The summed E-state index contributed by atoms with van der Waals surface area (Å²) in [5.74, 6) is 0.873.